The predicted octanol–water partition coefficient (Wildman–Crippen LogP) is 5.42. The van der Waals surface area contributed by atoms with E-state index in [2.05, 4.69) is 24.6 Å². The Morgan fingerprint density at radius 3 is 2.73 bits per heavy atom. The number of carbonyl (C=O) groups is 1. The zero-order valence-corrected chi connectivity index (χ0v) is 13.2. The first-order chi connectivity index (χ1) is 10.7. The van der Waals surface area contributed by atoms with Gasteiger partial charge in [-0.15, -0.1) is 0 Å². The second kappa shape index (κ2) is 9.45. The normalized spacial score (nSPS) is 12.5. The highest BCUT2D eigenvalue weighted by Gasteiger charge is 2.11. The van der Waals surface area contributed by atoms with Crippen LogP contribution >= 0.6 is 0 Å². The molecule has 118 valence electrons. The monoisotopic (exact) mass is 301 g/mol. The minimum absolute atomic E-state index is 0.291. The maximum absolute atomic E-state index is 11.7. The van der Waals surface area contributed by atoms with Crippen LogP contribution < -0.4 is 5.32 Å². The Morgan fingerprint density at radius 2 is 2.18 bits per heavy atom. The molecule has 0 saturated heterocycles. The minimum atomic E-state index is -0.541. The Bertz CT molecular complexity index is 554. The van der Waals surface area contributed by atoms with Gasteiger partial charge in [0, 0.05) is 11.6 Å². The van der Waals surface area contributed by atoms with Crippen molar-refractivity contribution in [2.45, 2.75) is 26.7 Å². The summed E-state index contributed by atoms with van der Waals surface area (Å²) in [5.41, 5.74) is 1.87. The number of ether oxygens (including phenoxy) is 1. The van der Waals surface area contributed by atoms with Gasteiger partial charge in [0.1, 0.15) is 12.4 Å². The molecule has 4 nitrogen and oxygen atoms in total. The van der Waals surface area contributed by atoms with Crippen molar-refractivity contribution < 1.29 is 13.9 Å². The number of amides is 1. The van der Waals surface area contributed by atoms with Crippen molar-refractivity contribution in [1.82, 2.24) is 0 Å². The van der Waals surface area contributed by atoms with Crippen molar-refractivity contribution in [3.63, 3.8) is 0 Å². The molecule has 1 aliphatic carbocycles. The molecule has 1 amide bonds. The fourth-order valence-electron chi connectivity index (χ4n) is 1.87. The summed E-state index contributed by atoms with van der Waals surface area (Å²) in [6.45, 7) is 11.6. The second-order valence-corrected chi connectivity index (χ2v) is 4.33. The van der Waals surface area contributed by atoms with Crippen LogP contribution in [0.4, 0.5) is 10.7 Å². The van der Waals surface area contributed by atoms with Gasteiger partial charge in [0.05, 0.1) is 0 Å². The number of hydrogen-bond donors (Lipinski definition) is 1. The van der Waals surface area contributed by atoms with Crippen LogP contribution in [-0.2, 0) is 4.74 Å². The highest BCUT2D eigenvalue weighted by atomic mass is 16.6. The van der Waals surface area contributed by atoms with Crippen LogP contribution in [0, 0.1) is 0 Å². The molecule has 1 aromatic rings. The molecule has 0 fully saturated rings. The van der Waals surface area contributed by atoms with Crippen LogP contribution in [0.1, 0.15) is 38.0 Å². The van der Waals surface area contributed by atoms with E-state index in [9.17, 15) is 4.79 Å². The molecule has 0 bridgehead atoms. The standard InChI is InChI=1S/C16H17NO3.C2H6/c1-3-13-10-15(20-14(13)4-2)17-16(18)19-11-12-8-6-5-7-9-12;1-2/h3-6,8,10H,1-2,7,9,11H2,(H,17,18);1-2H3. The lowest BCUT2D eigenvalue weighted by atomic mass is 10.1. The van der Waals surface area contributed by atoms with Crippen molar-refractivity contribution in [1.29, 1.82) is 0 Å². The van der Waals surface area contributed by atoms with E-state index in [1.807, 2.05) is 26.0 Å². The predicted molar refractivity (Wildman–Crippen MR) is 91.7 cm³/mol. The highest BCUT2D eigenvalue weighted by Crippen LogP contribution is 2.22. The lowest BCUT2D eigenvalue weighted by molar-refractivity contribution is 0.170. The summed E-state index contributed by atoms with van der Waals surface area (Å²) in [5.74, 6) is 0.882. The summed E-state index contributed by atoms with van der Waals surface area (Å²) in [6.07, 6.45) is 10.6. The Balaban J connectivity index is 0.00000116. The first kappa shape index (κ1) is 17.6. The maximum atomic E-state index is 11.7. The summed E-state index contributed by atoms with van der Waals surface area (Å²) in [7, 11) is 0. The number of allylic oxidation sites excluding steroid dienone is 3. The van der Waals surface area contributed by atoms with Crippen molar-refractivity contribution in [3.8, 4) is 0 Å². The van der Waals surface area contributed by atoms with E-state index in [0.29, 0.717) is 18.3 Å². The third-order valence-corrected chi connectivity index (χ3v) is 2.91. The first-order valence-electron chi connectivity index (χ1n) is 7.40. The van der Waals surface area contributed by atoms with E-state index in [0.717, 1.165) is 24.0 Å². The van der Waals surface area contributed by atoms with Gasteiger partial charge in [-0.3, -0.25) is 5.32 Å². The third kappa shape index (κ3) is 5.13. The SMILES string of the molecule is C=Cc1cc(NC(=O)OCC2=CC=CCC2)oc1C=C.CC. The molecular formula is C18H23NO3. The van der Waals surface area contributed by atoms with Gasteiger partial charge >= 0.3 is 6.09 Å². The van der Waals surface area contributed by atoms with Gasteiger partial charge in [-0.05, 0) is 24.5 Å². The number of furan rings is 1. The summed E-state index contributed by atoms with van der Waals surface area (Å²) in [6, 6.07) is 1.67. The maximum Gasteiger partial charge on any atom is 0.414 e. The molecule has 1 aromatic heterocycles. The number of rotatable bonds is 5. The molecule has 0 aliphatic heterocycles. The van der Waals surface area contributed by atoms with Gasteiger partial charge in [0.25, 0.3) is 0 Å². The second-order valence-electron chi connectivity index (χ2n) is 4.33. The Morgan fingerprint density at radius 1 is 1.41 bits per heavy atom. The van der Waals surface area contributed by atoms with Crippen molar-refractivity contribution in [3.05, 3.63) is 54.3 Å². The lowest BCUT2D eigenvalue weighted by Crippen LogP contribution is -2.15. The molecule has 1 N–H and O–H groups in total. The zero-order valence-electron chi connectivity index (χ0n) is 13.2. The van der Waals surface area contributed by atoms with Crippen LogP contribution in [-0.4, -0.2) is 12.7 Å². The molecular weight excluding hydrogens is 278 g/mol. The molecule has 1 heterocycles. The smallest absolute Gasteiger partial charge is 0.414 e. The topological polar surface area (TPSA) is 51.5 Å². The van der Waals surface area contributed by atoms with Crippen LogP contribution in [0.15, 0.2) is 47.4 Å². The summed E-state index contributed by atoms with van der Waals surface area (Å²) < 4.78 is 10.5. The van der Waals surface area contributed by atoms with E-state index in [-0.39, 0.29) is 0 Å². The zero-order chi connectivity index (χ0) is 16.4. The molecule has 0 atom stereocenters. The lowest BCUT2D eigenvalue weighted by Gasteiger charge is -2.09. The molecule has 0 unspecified atom stereocenters. The molecule has 0 aromatic carbocycles. The van der Waals surface area contributed by atoms with Crippen molar-refractivity contribution in [2.24, 2.45) is 0 Å². The number of carbonyl (C=O) groups excluding carboxylic acids is 1. The molecule has 4 heteroatoms. The first-order valence-corrected chi connectivity index (χ1v) is 7.40. The van der Waals surface area contributed by atoms with E-state index in [4.69, 9.17) is 9.15 Å². The number of hydrogen-bond acceptors (Lipinski definition) is 3. The molecule has 0 radical (unpaired) electrons. The molecule has 22 heavy (non-hydrogen) atoms. The van der Waals surface area contributed by atoms with E-state index in [1.54, 1.807) is 18.2 Å². The Hall–Kier alpha value is -2.49. The highest BCUT2D eigenvalue weighted by molar-refractivity contribution is 5.84. The molecule has 2 rings (SSSR count). The summed E-state index contributed by atoms with van der Waals surface area (Å²) in [4.78, 5) is 11.7. The largest absolute Gasteiger partial charge is 0.445 e. The average molecular weight is 301 g/mol. The van der Waals surface area contributed by atoms with Gasteiger partial charge in [0.2, 0.25) is 5.88 Å². The van der Waals surface area contributed by atoms with Gasteiger partial charge in [0.15, 0.2) is 0 Å². The molecule has 0 spiro atoms. The van der Waals surface area contributed by atoms with Crippen LogP contribution in [0.5, 0.6) is 0 Å². The van der Waals surface area contributed by atoms with Gasteiger partial charge < -0.3 is 9.15 Å². The van der Waals surface area contributed by atoms with E-state index >= 15 is 0 Å². The van der Waals surface area contributed by atoms with E-state index < -0.39 is 6.09 Å². The number of anilines is 1. The fourth-order valence-corrected chi connectivity index (χ4v) is 1.87. The Labute approximate surface area is 131 Å². The molecule has 0 saturated carbocycles. The quantitative estimate of drug-likeness (QED) is 0.790. The van der Waals surface area contributed by atoms with E-state index in [1.165, 1.54) is 0 Å². The fraction of sp³-hybridized carbons (Fsp3) is 0.278. The summed E-state index contributed by atoms with van der Waals surface area (Å²) >= 11 is 0. The van der Waals surface area contributed by atoms with Crippen LogP contribution in [0.3, 0.4) is 0 Å². The van der Waals surface area contributed by atoms with Gasteiger partial charge in [-0.1, -0.05) is 51.3 Å². The van der Waals surface area contributed by atoms with Crippen molar-refractivity contribution >= 4 is 24.1 Å². The van der Waals surface area contributed by atoms with Gasteiger partial charge in [-0.25, -0.2) is 4.79 Å². The average Bonchev–Trinajstić information content (AvgIpc) is 2.97. The minimum Gasteiger partial charge on any atom is -0.445 e. The molecule has 1 aliphatic rings. The summed E-state index contributed by atoms with van der Waals surface area (Å²) in [5, 5.41) is 2.54. The van der Waals surface area contributed by atoms with Crippen LogP contribution in [0.25, 0.3) is 12.2 Å². The van der Waals surface area contributed by atoms with Crippen LogP contribution in [0.2, 0.25) is 0 Å². The number of nitrogens with one attached hydrogen (secondary N) is 1. The van der Waals surface area contributed by atoms with Gasteiger partial charge in [-0.2, -0.15) is 0 Å². The Kier molecular flexibility index (Phi) is 7.54. The van der Waals surface area contributed by atoms with Crippen molar-refractivity contribution in [2.75, 3.05) is 11.9 Å². The third-order valence-electron chi connectivity index (χ3n) is 2.91.